The maximum atomic E-state index is 11.9. The number of ether oxygens (including phenoxy) is 1. The van der Waals surface area contributed by atoms with Gasteiger partial charge in [-0.3, -0.25) is 0 Å². The number of nitriles is 1. The second-order valence-corrected chi connectivity index (χ2v) is 3.99. The molecule has 0 amide bonds. The molecule has 1 aromatic carbocycles. The zero-order chi connectivity index (χ0) is 14.1. The molecule has 0 atom stereocenters. The molecule has 1 aromatic rings. The third-order valence-electron chi connectivity index (χ3n) is 2.34. The number of benzene rings is 1. The Hall–Kier alpha value is -1.74. The second kappa shape index (κ2) is 7.64. The molecule has 1 N–H and O–H groups in total. The van der Waals surface area contributed by atoms with Gasteiger partial charge < -0.3 is 10.1 Å². The zero-order valence-electron chi connectivity index (χ0n) is 10.3. The van der Waals surface area contributed by atoms with Crippen molar-refractivity contribution >= 4 is 0 Å². The van der Waals surface area contributed by atoms with Gasteiger partial charge in [0.05, 0.1) is 0 Å². The van der Waals surface area contributed by atoms with E-state index in [1.165, 1.54) is 0 Å². The fourth-order valence-electron chi connectivity index (χ4n) is 1.51. The number of nitrogens with zero attached hydrogens (tertiary/aromatic N) is 1. The summed E-state index contributed by atoms with van der Waals surface area (Å²) in [4.78, 5) is 0. The molecule has 0 bridgehead atoms. The summed E-state index contributed by atoms with van der Waals surface area (Å²) in [7, 11) is 0. The molecule has 0 aliphatic rings. The van der Waals surface area contributed by atoms with Gasteiger partial charge >= 0.3 is 6.18 Å². The van der Waals surface area contributed by atoms with Gasteiger partial charge in [-0.05, 0) is 30.7 Å². The molecule has 0 aromatic heterocycles. The predicted molar refractivity (Wildman–Crippen MR) is 64.5 cm³/mol. The molecular weight excluding hydrogens is 257 g/mol. The minimum Gasteiger partial charge on any atom is -0.479 e. The lowest BCUT2D eigenvalue weighted by atomic mass is 10.2. The van der Waals surface area contributed by atoms with E-state index in [2.05, 4.69) is 5.32 Å². The number of halogens is 3. The van der Waals surface area contributed by atoms with E-state index in [1.54, 1.807) is 18.2 Å². The van der Waals surface area contributed by atoms with Crippen molar-refractivity contribution in [1.82, 2.24) is 5.32 Å². The van der Waals surface area contributed by atoms with Gasteiger partial charge in [-0.1, -0.05) is 12.1 Å². The van der Waals surface area contributed by atoms with E-state index in [0.717, 1.165) is 5.56 Å². The van der Waals surface area contributed by atoms with E-state index < -0.39 is 12.6 Å². The molecule has 6 heteroatoms. The van der Waals surface area contributed by atoms with Crippen molar-refractivity contribution in [3.05, 3.63) is 29.8 Å². The number of alkyl halides is 3. The Bertz CT molecular complexity index is 427. The SMILES string of the molecule is N#CCOc1cccc(CNCCCC(F)(F)F)c1. The van der Waals surface area contributed by atoms with E-state index in [1.807, 2.05) is 12.1 Å². The normalized spacial score (nSPS) is 11.1. The van der Waals surface area contributed by atoms with Crippen LogP contribution in [0.1, 0.15) is 18.4 Å². The van der Waals surface area contributed by atoms with Gasteiger partial charge in [-0.2, -0.15) is 18.4 Å². The lowest BCUT2D eigenvalue weighted by molar-refractivity contribution is -0.135. The van der Waals surface area contributed by atoms with Gasteiger partial charge in [0.2, 0.25) is 0 Å². The lowest BCUT2D eigenvalue weighted by Crippen LogP contribution is -2.17. The van der Waals surface area contributed by atoms with E-state index >= 15 is 0 Å². The van der Waals surface area contributed by atoms with Crippen LogP contribution in [-0.2, 0) is 6.54 Å². The average Bonchev–Trinajstić information content (AvgIpc) is 2.35. The Kier molecular flexibility index (Phi) is 6.16. The molecule has 0 heterocycles. The van der Waals surface area contributed by atoms with Crippen LogP contribution in [0.25, 0.3) is 0 Å². The van der Waals surface area contributed by atoms with Crippen LogP contribution in [0.2, 0.25) is 0 Å². The zero-order valence-corrected chi connectivity index (χ0v) is 10.3. The van der Waals surface area contributed by atoms with Crippen molar-refractivity contribution in [2.45, 2.75) is 25.6 Å². The first-order valence-corrected chi connectivity index (χ1v) is 5.87. The van der Waals surface area contributed by atoms with E-state index in [4.69, 9.17) is 10.00 Å². The van der Waals surface area contributed by atoms with Gasteiger partial charge in [-0.15, -0.1) is 0 Å². The third kappa shape index (κ3) is 7.32. The maximum absolute atomic E-state index is 11.9. The Morgan fingerprint density at radius 1 is 1.32 bits per heavy atom. The van der Waals surface area contributed by atoms with Crippen LogP contribution < -0.4 is 10.1 Å². The Balaban J connectivity index is 2.27. The van der Waals surface area contributed by atoms with Gasteiger partial charge in [0, 0.05) is 13.0 Å². The lowest BCUT2D eigenvalue weighted by Gasteiger charge is -2.08. The van der Waals surface area contributed by atoms with Crippen molar-refractivity contribution in [3.8, 4) is 11.8 Å². The van der Waals surface area contributed by atoms with Crippen molar-refractivity contribution < 1.29 is 17.9 Å². The highest BCUT2D eigenvalue weighted by molar-refractivity contribution is 5.28. The van der Waals surface area contributed by atoms with Crippen molar-refractivity contribution in [3.63, 3.8) is 0 Å². The fraction of sp³-hybridized carbons (Fsp3) is 0.462. The summed E-state index contributed by atoms with van der Waals surface area (Å²) in [5.41, 5.74) is 0.905. The number of rotatable bonds is 7. The smallest absolute Gasteiger partial charge is 0.389 e. The topological polar surface area (TPSA) is 45.0 Å². The fourth-order valence-corrected chi connectivity index (χ4v) is 1.51. The van der Waals surface area contributed by atoms with Gasteiger partial charge in [0.25, 0.3) is 0 Å². The van der Waals surface area contributed by atoms with Crippen LogP contribution in [0, 0.1) is 11.3 Å². The summed E-state index contributed by atoms with van der Waals surface area (Å²) in [5.74, 6) is 0.580. The summed E-state index contributed by atoms with van der Waals surface area (Å²) >= 11 is 0. The van der Waals surface area contributed by atoms with E-state index in [-0.39, 0.29) is 13.0 Å². The van der Waals surface area contributed by atoms with Crippen molar-refractivity contribution in [2.75, 3.05) is 13.2 Å². The Morgan fingerprint density at radius 2 is 2.11 bits per heavy atom. The summed E-state index contributed by atoms with van der Waals surface area (Å²) in [6.45, 7) is 0.757. The maximum Gasteiger partial charge on any atom is 0.389 e. The molecule has 0 spiro atoms. The molecule has 0 fully saturated rings. The molecule has 1 rings (SSSR count). The van der Waals surface area contributed by atoms with Gasteiger partial charge in [0.1, 0.15) is 11.8 Å². The largest absolute Gasteiger partial charge is 0.479 e. The highest BCUT2D eigenvalue weighted by atomic mass is 19.4. The van der Waals surface area contributed by atoms with Gasteiger partial charge in [0.15, 0.2) is 6.61 Å². The van der Waals surface area contributed by atoms with Gasteiger partial charge in [-0.25, -0.2) is 0 Å². The molecule has 0 aliphatic carbocycles. The molecule has 0 aliphatic heterocycles. The van der Waals surface area contributed by atoms with Crippen molar-refractivity contribution in [2.24, 2.45) is 0 Å². The molecule has 104 valence electrons. The van der Waals surface area contributed by atoms with Crippen LogP contribution in [0.5, 0.6) is 5.75 Å². The number of hydrogen-bond donors (Lipinski definition) is 1. The predicted octanol–water partition coefficient (Wildman–Crippen LogP) is 3.02. The Morgan fingerprint density at radius 3 is 2.79 bits per heavy atom. The van der Waals surface area contributed by atoms with E-state index in [9.17, 15) is 13.2 Å². The molecule has 0 radical (unpaired) electrons. The summed E-state index contributed by atoms with van der Waals surface area (Å²) in [6, 6.07) is 8.97. The van der Waals surface area contributed by atoms with Crippen LogP contribution in [-0.4, -0.2) is 19.3 Å². The minimum absolute atomic E-state index is 0.0253. The second-order valence-electron chi connectivity index (χ2n) is 3.99. The number of nitrogens with one attached hydrogen (secondary N) is 1. The molecule has 0 saturated carbocycles. The monoisotopic (exact) mass is 272 g/mol. The Labute approximate surface area is 110 Å². The highest BCUT2D eigenvalue weighted by Gasteiger charge is 2.25. The molecule has 19 heavy (non-hydrogen) atoms. The van der Waals surface area contributed by atoms with Crippen LogP contribution in [0.4, 0.5) is 13.2 Å². The first-order valence-electron chi connectivity index (χ1n) is 5.87. The van der Waals surface area contributed by atoms with E-state index in [0.29, 0.717) is 18.8 Å². The molecular formula is C13H15F3N2O. The number of hydrogen-bond acceptors (Lipinski definition) is 3. The molecule has 0 unspecified atom stereocenters. The van der Waals surface area contributed by atoms with Crippen LogP contribution in [0.15, 0.2) is 24.3 Å². The van der Waals surface area contributed by atoms with Crippen LogP contribution >= 0.6 is 0 Å². The van der Waals surface area contributed by atoms with Crippen molar-refractivity contribution in [1.29, 1.82) is 5.26 Å². The molecule has 0 saturated heterocycles. The standard InChI is InChI=1S/C13H15F3N2O/c14-13(15,16)5-2-7-18-10-11-3-1-4-12(9-11)19-8-6-17/h1,3-4,9,18H,2,5,7-8,10H2. The summed E-state index contributed by atoms with van der Waals surface area (Å²) < 4.78 is 40.8. The summed E-state index contributed by atoms with van der Waals surface area (Å²) in [5, 5.41) is 11.3. The first kappa shape index (κ1) is 15.3. The first-order chi connectivity index (χ1) is 9.01. The highest BCUT2D eigenvalue weighted by Crippen LogP contribution is 2.20. The quantitative estimate of drug-likeness (QED) is 0.776. The molecule has 3 nitrogen and oxygen atoms in total. The average molecular weight is 272 g/mol. The summed E-state index contributed by atoms with van der Waals surface area (Å²) in [6.07, 6.45) is -4.80. The minimum atomic E-state index is -4.09. The van der Waals surface area contributed by atoms with Crippen LogP contribution in [0.3, 0.4) is 0 Å². The third-order valence-corrected chi connectivity index (χ3v) is 2.34.